The first-order valence-corrected chi connectivity index (χ1v) is 9.43. The van der Waals surface area contributed by atoms with Crippen LogP contribution >= 0.6 is 0 Å². The molecule has 0 bridgehead atoms. The zero-order chi connectivity index (χ0) is 15.1. The molecule has 1 aliphatic carbocycles. The molecule has 1 fully saturated rings. The van der Waals surface area contributed by atoms with Gasteiger partial charge in [0.2, 0.25) is 20.0 Å². The van der Waals surface area contributed by atoms with E-state index in [4.69, 9.17) is 5.14 Å². The number of benzene rings is 1. The molecule has 1 aromatic carbocycles. The lowest BCUT2D eigenvalue weighted by Crippen LogP contribution is -2.20. The third-order valence-corrected chi connectivity index (χ3v) is 5.56. The Morgan fingerprint density at radius 2 is 1.65 bits per heavy atom. The number of sulfonamides is 2. The monoisotopic (exact) mass is 318 g/mol. The van der Waals surface area contributed by atoms with Gasteiger partial charge in [0.15, 0.2) is 0 Å². The quantitative estimate of drug-likeness (QED) is 0.847. The maximum absolute atomic E-state index is 12.0. The Morgan fingerprint density at radius 1 is 1.15 bits per heavy atom. The van der Waals surface area contributed by atoms with Crippen molar-refractivity contribution in [3.8, 4) is 0 Å². The van der Waals surface area contributed by atoms with Gasteiger partial charge in [-0.1, -0.05) is 0 Å². The summed E-state index contributed by atoms with van der Waals surface area (Å²) in [6, 6.07) is 2.74. The third-order valence-electron chi connectivity index (χ3n) is 3.24. The lowest BCUT2D eigenvalue weighted by molar-refractivity contribution is 0.596. The van der Waals surface area contributed by atoms with Crippen molar-refractivity contribution in [1.29, 1.82) is 0 Å². The number of rotatable bonds is 5. The average molecular weight is 318 g/mol. The minimum absolute atomic E-state index is 0.0161. The highest BCUT2D eigenvalue weighted by Gasteiger charge is 2.28. The zero-order valence-electron chi connectivity index (χ0n) is 11.4. The van der Waals surface area contributed by atoms with Gasteiger partial charge in [-0.25, -0.2) is 22.0 Å². The normalized spacial score (nSPS) is 16.1. The van der Waals surface area contributed by atoms with E-state index in [1.807, 2.05) is 0 Å². The smallest absolute Gasteiger partial charge is 0.238 e. The van der Waals surface area contributed by atoms with Crippen LogP contribution < -0.4 is 9.86 Å². The van der Waals surface area contributed by atoms with Crippen LogP contribution in [0.5, 0.6) is 0 Å². The molecule has 6 nitrogen and oxygen atoms in total. The molecule has 112 valence electrons. The van der Waals surface area contributed by atoms with Gasteiger partial charge in [-0.05, 0) is 55.9 Å². The van der Waals surface area contributed by atoms with E-state index in [-0.39, 0.29) is 16.6 Å². The molecule has 2 rings (SSSR count). The maximum Gasteiger partial charge on any atom is 0.238 e. The van der Waals surface area contributed by atoms with Crippen molar-refractivity contribution in [2.75, 3.05) is 10.5 Å². The van der Waals surface area contributed by atoms with E-state index < -0.39 is 20.0 Å². The van der Waals surface area contributed by atoms with Crippen LogP contribution in [0.15, 0.2) is 17.0 Å². The number of hydrogen-bond donors (Lipinski definition) is 2. The highest BCUT2D eigenvalue weighted by Crippen LogP contribution is 2.32. The highest BCUT2D eigenvalue weighted by molar-refractivity contribution is 7.92. The summed E-state index contributed by atoms with van der Waals surface area (Å²) in [6.45, 7) is 3.30. The number of anilines is 1. The van der Waals surface area contributed by atoms with Gasteiger partial charge in [0.1, 0.15) is 0 Å². The van der Waals surface area contributed by atoms with E-state index in [2.05, 4.69) is 4.72 Å². The van der Waals surface area contributed by atoms with Gasteiger partial charge < -0.3 is 0 Å². The second-order valence-electron chi connectivity index (χ2n) is 5.30. The van der Waals surface area contributed by atoms with Crippen molar-refractivity contribution >= 4 is 25.7 Å². The van der Waals surface area contributed by atoms with Gasteiger partial charge in [0.05, 0.1) is 16.3 Å². The largest absolute Gasteiger partial charge is 0.283 e. The first-order valence-electron chi connectivity index (χ1n) is 6.23. The molecular weight excluding hydrogens is 300 g/mol. The Labute approximate surface area is 119 Å². The molecule has 1 aromatic rings. The van der Waals surface area contributed by atoms with Crippen molar-refractivity contribution in [2.45, 2.75) is 31.6 Å². The first-order chi connectivity index (χ1) is 9.08. The molecule has 1 aliphatic rings. The summed E-state index contributed by atoms with van der Waals surface area (Å²) in [5.74, 6) is 0.361. The molecular formula is C12H18N2O4S2. The second kappa shape index (κ2) is 5.01. The molecule has 0 saturated heterocycles. The summed E-state index contributed by atoms with van der Waals surface area (Å²) in [4.78, 5) is -0.0161. The van der Waals surface area contributed by atoms with E-state index in [1.54, 1.807) is 13.8 Å². The predicted molar refractivity (Wildman–Crippen MR) is 77.4 cm³/mol. The summed E-state index contributed by atoms with van der Waals surface area (Å²) in [5, 5.41) is 5.08. The third kappa shape index (κ3) is 3.71. The molecule has 0 amide bonds. The Hall–Kier alpha value is -1.12. The maximum atomic E-state index is 12.0. The zero-order valence-corrected chi connectivity index (χ0v) is 13.0. The molecule has 8 heteroatoms. The van der Waals surface area contributed by atoms with E-state index >= 15 is 0 Å². The summed E-state index contributed by atoms with van der Waals surface area (Å²) in [6.07, 6.45) is 1.90. The molecule has 1 saturated carbocycles. The van der Waals surface area contributed by atoms with Crippen LogP contribution in [0.4, 0.5) is 5.69 Å². The van der Waals surface area contributed by atoms with E-state index in [9.17, 15) is 16.8 Å². The SMILES string of the molecule is Cc1cc(S(N)(=O)=O)cc(C)c1NS(=O)(=O)CC1CC1. The fourth-order valence-corrected chi connectivity index (χ4v) is 4.39. The summed E-state index contributed by atoms with van der Waals surface area (Å²) >= 11 is 0. The van der Waals surface area contributed by atoms with Crippen LogP contribution in [0.3, 0.4) is 0 Å². The van der Waals surface area contributed by atoms with E-state index in [0.717, 1.165) is 12.8 Å². The minimum Gasteiger partial charge on any atom is -0.283 e. The summed E-state index contributed by atoms with van der Waals surface area (Å²) in [5.41, 5.74) is 1.50. The van der Waals surface area contributed by atoms with Gasteiger partial charge in [-0.15, -0.1) is 0 Å². The van der Waals surface area contributed by atoms with E-state index in [0.29, 0.717) is 16.8 Å². The Kier molecular flexibility index (Phi) is 3.83. The number of nitrogens with two attached hydrogens (primary N) is 1. The molecule has 20 heavy (non-hydrogen) atoms. The molecule has 0 spiro atoms. The average Bonchev–Trinajstić information content (AvgIpc) is 3.05. The molecule has 0 aromatic heterocycles. The van der Waals surface area contributed by atoms with Crippen LogP contribution in [0.2, 0.25) is 0 Å². The molecule has 0 atom stereocenters. The van der Waals surface area contributed by atoms with Gasteiger partial charge in [0, 0.05) is 0 Å². The first kappa shape index (κ1) is 15.3. The van der Waals surface area contributed by atoms with Crippen LogP contribution in [0.1, 0.15) is 24.0 Å². The lowest BCUT2D eigenvalue weighted by Gasteiger charge is -2.14. The topological polar surface area (TPSA) is 106 Å². The van der Waals surface area contributed by atoms with Gasteiger partial charge in [-0.3, -0.25) is 4.72 Å². The molecule has 0 heterocycles. The number of primary sulfonamides is 1. The lowest BCUT2D eigenvalue weighted by atomic mass is 10.1. The molecule has 0 radical (unpaired) electrons. The fraction of sp³-hybridized carbons (Fsp3) is 0.500. The summed E-state index contributed by atoms with van der Waals surface area (Å²) < 4.78 is 49.2. The van der Waals surface area contributed by atoms with Crippen molar-refractivity contribution in [3.05, 3.63) is 23.3 Å². The van der Waals surface area contributed by atoms with Crippen molar-refractivity contribution in [3.63, 3.8) is 0 Å². The Morgan fingerprint density at radius 3 is 2.05 bits per heavy atom. The number of hydrogen-bond acceptors (Lipinski definition) is 4. The fourth-order valence-electron chi connectivity index (χ4n) is 2.04. The molecule has 3 N–H and O–H groups in total. The van der Waals surface area contributed by atoms with Gasteiger partial charge in [0.25, 0.3) is 0 Å². The standard InChI is InChI=1S/C12H18N2O4S2/c1-8-5-11(20(13,17)18)6-9(2)12(8)14-19(15,16)7-10-3-4-10/h5-6,10,14H,3-4,7H2,1-2H3,(H2,13,17,18). The summed E-state index contributed by atoms with van der Waals surface area (Å²) in [7, 11) is -7.19. The van der Waals surface area contributed by atoms with Crippen LogP contribution in [0.25, 0.3) is 0 Å². The van der Waals surface area contributed by atoms with E-state index in [1.165, 1.54) is 12.1 Å². The Balaban J connectivity index is 2.33. The van der Waals surface area contributed by atoms with Crippen LogP contribution in [-0.4, -0.2) is 22.6 Å². The molecule has 0 aliphatic heterocycles. The second-order valence-corrected chi connectivity index (χ2v) is 8.63. The predicted octanol–water partition coefficient (Wildman–Crippen LogP) is 1.10. The van der Waals surface area contributed by atoms with Gasteiger partial charge in [-0.2, -0.15) is 0 Å². The van der Waals surface area contributed by atoms with Gasteiger partial charge >= 0.3 is 0 Å². The minimum atomic E-state index is -3.79. The van der Waals surface area contributed by atoms with Crippen LogP contribution in [-0.2, 0) is 20.0 Å². The van der Waals surface area contributed by atoms with Crippen molar-refractivity contribution in [2.24, 2.45) is 11.1 Å². The molecule has 0 unspecified atom stereocenters. The van der Waals surface area contributed by atoms with Crippen LogP contribution in [0, 0.1) is 19.8 Å². The highest BCUT2D eigenvalue weighted by atomic mass is 32.2. The Bertz CT molecular complexity index is 712. The number of aryl methyl sites for hydroxylation is 2. The van der Waals surface area contributed by atoms with Crippen molar-refractivity contribution < 1.29 is 16.8 Å². The number of nitrogens with one attached hydrogen (secondary N) is 1. The van der Waals surface area contributed by atoms with Crippen molar-refractivity contribution in [1.82, 2.24) is 0 Å².